The quantitative estimate of drug-likeness (QED) is 0.308. The molecule has 0 bridgehead atoms. The van der Waals surface area contributed by atoms with Crippen LogP contribution in [0.25, 0.3) is 10.2 Å². The number of fused-ring (bicyclic) bond motifs is 4. The highest BCUT2D eigenvalue weighted by Crippen LogP contribution is 2.43. The number of nitrogens with one attached hydrogen (secondary N) is 2. The second-order valence-electron chi connectivity index (χ2n) is 9.16. The number of carbonyl (C=O) groups is 1. The molecular formula is C27H22F3N3O3S. The zero-order chi connectivity index (χ0) is 25.9. The Morgan fingerprint density at radius 1 is 1.03 bits per heavy atom. The second-order valence-corrected chi connectivity index (χ2v) is 10.2. The molecule has 6 nitrogen and oxygen atoms in total. The molecule has 1 aliphatic carbocycles. The smallest absolute Gasteiger partial charge is 0.433 e. The van der Waals surface area contributed by atoms with Crippen LogP contribution in [0.1, 0.15) is 50.2 Å². The van der Waals surface area contributed by atoms with Crippen LogP contribution >= 0.6 is 11.3 Å². The first kappa shape index (κ1) is 23.6. The lowest BCUT2D eigenvalue weighted by Gasteiger charge is -2.27. The van der Waals surface area contributed by atoms with Crippen molar-refractivity contribution in [2.45, 2.75) is 38.5 Å². The van der Waals surface area contributed by atoms with Crippen LogP contribution in [-0.4, -0.2) is 18.0 Å². The van der Waals surface area contributed by atoms with E-state index in [1.54, 1.807) is 32.2 Å². The summed E-state index contributed by atoms with van der Waals surface area (Å²) in [5.74, 6) is 1.34. The van der Waals surface area contributed by atoms with Gasteiger partial charge >= 0.3 is 6.18 Å². The van der Waals surface area contributed by atoms with Crippen molar-refractivity contribution in [1.82, 2.24) is 10.3 Å². The lowest BCUT2D eigenvalue weighted by Crippen LogP contribution is -2.37. The maximum absolute atomic E-state index is 13.3. The number of rotatable bonds is 4. The van der Waals surface area contributed by atoms with Crippen LogP contribution in [0, 0.1) is 6.92 Å². The lowest BCUT2D eigenvalue weighted by atomic mass is 10.1. The van der Waals surface area contributed by atoms with Gasteiger partial charge in [-0.2, -0.15) is 13.2 Å². The van der Waals surface area contributed by atoms with Crippen LogP contribution in [0.3, 0.4) is 0 Å². The Hall–Kier alpha value is -3.79. The van der Waals surface area contributed by atoms with Crippen molar-refractivity contribution in [3.8, 4) is 17.2 Å². The number of carbonyl (C=O) groups excluding carboxylic acids is 1. The zero-order valence-corrected chi connectivity index (χ0v) is 20.8. The van der Waals surface area contributed by atoms with E-state index in [4.69, 9.17) is 9.47 Å². The number of anilines is 1. The number of aryl methyl sites for hydroxylation is 3. The van der Waals surface area contributed by atoms with Gasteiger partial charge in [-0.3, -0.25) is 4.79 Å². The van der Waals surface area contributed by atoms with E-state index < -0.39 is 18.0 Å². The number of methoxy groups -OCH3 is 1. The van der Waals surface area contributed by atoms with E-state index >= 15 is 0 Å². The average Bonchev–Trinajstić information content (AvgIpc) is 3.48. The van der Waals surface area contributed by atoms with Gasteiger partial charge in [-0.25, -0.2) is 4.98 Å². The number of aromatic nitrogens is 1. The van der Waals surface area contributed by atoms with Crippen LogP contribution in [0.15, 0.2) is 42.5 Å². The molecule has 2 aromatic heterocycles. The van der Waals surface area contributed by atoms with Gasteiger partial charge in [0.15, 0.2) is 11.5 Å². The minimum absolute atomic E-state index is 0.163. The summed E-state index contributed by atoms with van der Waals surface area (Å²) < 4.78 is 51.5. The average molecular weight is 526 g/mol. The Bertz CT molecular complexity index is 1560. The van der Waals surface area contributed by atoms with E-state index in [0.29, 0.717) is 44.3 Å². The van der Waals surface area contributed by atoms with Crippen LogP contribution in [0.4, 0.5) is 18.9 Å². The Labute approximate surface area is 214 Å². The minimum atomic E-state index is -4.57. The van der Waals surface area contributed by atoms with Crippen LogP contribution in [0.5, 0.6) is 17.2 Å². The number of ether oxygens (including phenoxy) is 2. The lowest BCUT2D eigenvalue weighted by molar-refractivity contribution is -0.141. The predicted octanol–water partition coefficient (Wildman–Crippen LogP) is 6.77. The number of alkyl halides is 3. The Balaban J connectivity index is 1.35. The third kappa shape index (κ3) is 4.15. The number of pyridine rings is 1. The third-order valence-electron chi connectivity index (χ3n) is 6.74. The van der Waals surface area contributed by atoms with Gasteiger partial charge in [0.05, 0.1) is 12.8 Å². The molecule has 4 aromatic rings. The number of nitrogens with zero attached hydrogens (tertiary/aromatic N) is 1. The first-order valence-electron chi connectivity index (χ1n) is 11.8. The van der Waals surface area contributed by atoms with Crippen molar-refractivity contribution < 1.29 is 27.4 Å². The molecule has 0 spiro atoms. The number of thiophene rings is 1. The molecule has 190 valence electrons. The summed E-state index contributed by atoms with van der Waals surface area (Å²) >= 11 is 0.940. The predicted molar refractivity (Wildman–Crippen MR) is 135 cm³/mol. The molecule has 0 saturated carbocycles. The number of amides is 1. The highest BCUT2D eigenvalue weighted by molar-refractivity contribution is 7.21. The number of hydrogen-bond donors (Lipinski definition) is 2. The standard InChI is InChI=1S/C27H22F3N3O3S/c1-13-10-20(27(28,29)30)31-26-21(13)22-23(37-26)25(34)33-24(32-22)16-7-9-18(35-2)19(12-16)36-17-8-6-14-4-3-5-15(14)11-17/h6-12,24,32H,3-5H2,1-2H3,(H,33,34)/t24-/m1/s1. The van der Waals surface area contributed by atoms with Gasteiger partial charge in [0.1, 0.15) is 27.3 Å². The zero-order valence-electron chi connectivity index (χ0n) is 20.0. The monoisotopic (exact) mass is 525 g/mol. The van der Waals surface area contributed by atoms with Crippen molar-refractivity contribution in [3.05, 3.63) is 75.3 Å². The molecule has 0 radical (unpaired) electrons. The van der Waals surface area contributed by atoms with E-state index in [9.17, 15) is 18.0 Å². The van der Waals surface area contributed by atoms with E-state index in [2.05, 4.69) is 21.7 Å². The Morgan fingerprint density at radius 2 is 1.84 bits per heavy atom. The fourth-order valence-corrected chi connectivity index (χ4v) is 6.08. The molecule has 6 rings (SSSR count). The highest BCUT2D eigenvalue weighted by atomic mass is 32.1. The number of benzene rings is 2. The SMILES string of the molecule is COc1ccc([C@H]2NC(=O)c3sc4nc(C(F)(F)F)cc(C)c4c3N2)cc1Oc1ccc2c(c1)CCC2. The summed E-state index contributed by atoms with van der Waals surface area (Å²) in [6, 6.07) is 12.4. The maximum atomic E-state index is 13.3. The van der Waals surface area contributed by atoms with Crippen LogP contribution in [0.2, 0.25) is 0 Å². The molecule has 2 aromatic carbocycles. The Morgan fingerprint density at radius 3 is 2.62 bits per heavy atom. The Kier molecular flexibility index (Phi) is 5.52. The third-order valence-corrected chi connectivity index (χ3v) is 7.82. The summed E-state index contributed by atoms with van der Waals surface area (Å²) in [7, 11) is 1.56. The van der Waals surface area contributed by atoms with E-state index in [1.165, 1.54) is 11.1 Å². The summed E-state index contributed by atoms with van der Waals surface area (Å²) in [5.41, 5.74) is 3.22. The molecule has 10 heteroatoms. The van der Waals surface area contributed by atoms with E-state index in [1.807, 2.05) is 12.1 Å². The molecule has 1 aliphatic heterocycles. The molecule has 1 amide bonds. The van der Waals surface area contributed by atoms with Crippen molar-refractivity contribution >= 4 is 33.1 Å². The fraction of sp³-hybridized carbons (Fsp3) is 0.259. The fourth-order valence-electron chi connectivity index (χ4n) is 4.96. The maximum Gasteiger partial charge on any atom is 0.433 e. The van der Waals surface area contributed by atoms with Gasteiger partial charge in [0, 0.05) is 5.39 Å². The molecule has 0 fully saturated rings. The van der Waals surface area contributed by atoms with E-state index in [-0.39, 0.29) is 10.7 Å². The summed E-state index contributed by atoms with van der Waals surface area (Å²) in [4.78, 5) is 17.2. The topological polar surface area (TPSA) is 72.5 Å². The second kappa shape index (κ2) is 8.65. The van der Waals surface area contributed by atoms with Gasteiger partial charge in [-0.05, 0) is 78.8 Å². The van der Waals surface area contributed by atoms with Crippen molar-refractivity contribution in [2.75, 3.05) is 12.4 Å². The molecule has 2 N–H and O–H groups in total. The molecule has 0 unspecified atom stereocenters. The van der Waals surface area contributed by atoms with Gasteiger partial charge in [-0.1, -0.05) is 12.1 Å². The molecule has 1 atom stereocenters. The molecule has 0 saturated heterocycles. The van der Waals surface area contributed by atoms with Crippen molar-refractivity contribution in [3.63, 3.8) is 0 Å². The first-order valence-corrected chi connectivity index (χ1v) is 12.6. The van der Waals surface area contributed by atoms with E-state index in [0.717, 1.165) is 36.7 Å². The van der Waals surface area contributed by atoms with Gasteiger partial charge in [-0.15, -0.1) is 11.3 Å². The summed E-state index contributed by atoms with van der Waals surface area (Å²) in [5, 5.41) is 6.69. The molecule has 3 heterocycles. The summed E-state index contributed by atoms with van der Waals surface area (Å²) in [6.07, 6.45) is -1.96. The minimum Gasteiger partial charge on any atom is -0.493 e. The molecule has 2 aliphatic rings. The largest absolute Gasteiger partial charge is 0.493 e. The van der Waals surface area contributed by atoms with Gasteiger partial charge < -0.3 is 20.1 Å². The van der Waals surface area contributed by atoms with Crippen LogP contribution < -0.4 is 20.1 Å². The van der Waals surface area contributed by atoms with Crippen molar-refractivity contribution in [1.29, 1.82) is 0 Å². The highest BCUT2D eigenvalue weighted by Gasteiger charge is 2.36. The summed E-state index contributed by atoms with van der Waals surface area (Å²) in [6.45, 7) is 1.59. The normalized spacial score (nSPS) is 16.7. The van der Waals surface area contributed by atoms with Gasteiger partial charge in [0.25, 0.3) is 5.91 Å². The first-order chi connectivity index (χ1) is 17.7. The van der Waals surface area contributed by atoms with Crippen LogP contribution in [-0.2, 0) is 19.0 Å². The number of halogens is 3. The van der Waals surface area contributed by atoms with Crippen molar-refractivity contribution in [2.24, 2.45) is 0 Å². The van der Waals surface area contributed by atoms with Gasteiger partial charge in [0.2, 0.25) is 0 Å². The number of hydrogen-bond acceptors (Lipinski definition) is 6. The molecular weight excluding hydrogens is 503 g/mol. The molecule has 37 heavy (non-hydrogen) atoms.